The molecule has 8 heteroatoms. The summed E-state index contributed by atoms with van der Waals surface area (Å²) < 4.78 is 12.7. The number of benzene rings is 3. The van der Waals surface area contributed by atoms with Crippen molar-refractivity contribution in [2.24, 2.45) is 0 Å². The van der Waals surface area contributed by atoms with Crippen LogP contribution in [-0.2, 0) is 6.54 Å². The zero-order chi connectivity index (χ0) is 22.8. The first-order valence-corrected chi connectivity index (χ1v) is 10.4. The maximum atomic E-state index is 13.1. The predicted octanol–water partition coefficient (Wildman–Crippen LogP) is 3.83. The van der Waals surface area contributed by atoms with E-state index in [0.29, 0.717) is 34.9 Å². The first-order chi connectivity index (χ1) is 16.1. The van der Waals surface area contributed by atoms with Crippen molar-refractivity contribution in [1.29, 1.82) is 0 Å². The molecule has 0 bridgehead atoms. The molecule has 0 radical (unpaired) electrons. The van der Waals surface area contributed by atoms with Gasteiger partial charge in [-0.2, -0.15) is 5.48 Å². The number of ether oxygens (including phenoxy) is 2. The van der Waals surface area contributed by atoms with E-state index in [1.807, 2.05) is 52.6 Å². The van der Waals surface area contributed by atoms with Gasteiger partial charge in [-0.25, -0.2) is 0 Å². The largest absolute Gasteiger partial charge is 0.454 e. The number of ketones is 1. The van der Waals surface area contributed by atoms with E-state index in [4.69, 9.17) is 14.7 Å². The molecule has 1 aliphatic rings. The van der Waals surface area contributed by atoms with E-state index in [0.717, 1.165) is 16.5 Å². The number of rotatable bonds is 7. The van der Waals surface area contributed by atoms with Crippen LogP contribution in [0.3, 0.4) is 0 Å². The Morgan fingerprint density at radius 2 is 1.76 bits per heavy atom. The molecule has 4 aromatic rings. The lowest BCUT2D eigenvalue weighted by Crippen LogP contribution is -2.19. The van der Waals surface area contributed by atoms with Crippen LogP contribution >= 0.6 is 0 Å². The van der Waals surface area contributed by atoms with Crippen molar-refractivity contribution in [2.75, 3.05) is 18.7 Å². The second-order valence-corrected chi connectivity index (χ2v) is 7.66. The minimum atomic E-state index is -0.221. The maximum absolute atomic E-state index is 13.1. The van der Waals surface area contributed by atoms with Gasteiger partial charge in [0, 0.05) is 41.0 Å². The summed E-state index contributed by atoms with van der Waals surface area (Å²) in [4.78, 5) is 25.0. The summed E-state index contributed by atoms with van der Waals surface area (Å²) in [6, 6.07) is 20.2. The number of hydroxylamine groups is 1. The minimum Gasteiger partial charge on any atom is -0.454 e. The molecule has 0 saturated carbocycles. The van der Waals surface area contributed by atoms with E-state index in [1.165, 1.54) is 0 Å². The third kappa shape index (κ3) is 4.17. The van der Waals surface area contributed by atoms with Crippen LogP contribution in [0.15, 0.2) is 72.9 Å². The van der Waals surface area contributed by atoms with Crippen molar-refractivity contribution in [3.05, 3.63) is 89.6 Å². The summed E-state index contributed by atoms with van der Waals surface area (Å²) >= 11 is 0. The Labute approximate surface area is 189 Å². The Morgan fingerprint density at radius 1 is 0.970 bits per heavy atom. The van der Waals surface area contributed by atoms with Gasteiger partial charge in [-0.1, -0.05) is 42.5 Å². The molecule has 0 unspecified atom stereocenters. The number of Topliss-reactive ketones (excluding diaryl/α,β-unsaturated/α-hetero) is 1. The molecule has 0 saturated heterocycles. The van der Waals surface area contributed by atoms with Gasteiger partial charge in [0.2, 0.25) is 6.79 Å². The molecule has 0 atom stereocenters. The Bertz CT molecular complexity index is 1340. The van der Waals surface area contributed by atoms with Crippen molar-refractivity contribution in [1.82, 2.24) is 10.0 Å². The summed E-state index contributed by atoms with van der Waals surface area (Å²) in [5.74, 6) is 0.844. The lowest BCUT2D eigenvalue weighted by molar-refractivity contribution is 0.0903. The average molecular weight is 443 g/mol. The summed E-state index contributed by atoms with van der Waals surface area (Å²) in [5, 5.41) is 12.5. The predicted molar refractivity (Wildman–Crippen MR) is 122 cm³/mol. The Morgan fingerprint density at radius 3 is 2.58 bits per heavy atom. The van der Waals surface area contributed by atoms with Gasteiger partial charge in [-0.05, 0) is 23.8 Å². The second-order valence-electron chi connectivity index (χ2n) is 7.66. The summed E-state index contributed by atoms with van der Waals surface area (Å²) in [6.07, 6.45) is 1.84. The van der Waals surface area contributed by atoms with Crippen molar-refractivity contribution in [3.63, 3.8) is 0 Å². The number of hydrogen-bond acceptors (Lipinski definition) is 6. The summed E-state index contributed by atoms with van der Waals surface area (Å²) in [5.41, 5.74) is 5.48. The smallest absolute Gasteiger partial charge is 0.257 e. The highest BCUT2D eigenvalue weighted by molar-refractivity contribution is 6.13. The molecule has 3 N–H and O–H groups in total. The number of hydrogen-bond donors (Lipinski definition) is 3. The molecular weight excluding hydrogens is 422 g/mol. The molecule has 1 aromatic heterocycles. The molecule has 8 nitrogen and oxygen atoms in total. The molecule has 1 amide bonds. The fourth-order valence-corrected chi connectivity index (χ4v) is 3.90. The number of anilines is 1. The Hall–Kier alpha value is -4.14. The average Bonchev–Trinajstić information content (AvgIpc) is 3.44. The molecule has 166 valence electrons. The zero-order valence-corrected chi connectivity index (χ0v) is 17.6. The van der Waals surface area contributed by atoms with E-state index in [9.17, 15) is 9.59 Å². The zero-order valence-electron chi connectivity index (χ0n) is 17.6. The van der Waals surface area contributed by atoms with Crippen LogP contribution in [0.2, 0.25) is 0 Å². The van der Waals surface area contributed by atoms with Crippen LogP contribution in [0.1, 0.15) is 26.3 Å². The summed E-state index contributed by atoms with van der Waals surface area (Å²) in [7, 11) is 0. The van der Waals surface area contributed by atoms with Crippen LogP contribution in [0.5, 0.6) is 11.5 Å². The quantitative estimate of drug-likeness (QED) is 0.296. The van der Waals surface area contributed by atoms with Crippen LogP contribution < -0.4 is 20.3 Å². The third-order valence-corrected chi connectivity index (χ3v) is 5.53. The number of nitrogens with zero attached hydrogens (tertiary/aromatic N) is 1. The number of nitrogens with one attached hydrogen (secondary N) is 2. The molecule has 1 aliphatic heterocycles. The van der Waals surface area contributed by atoms with E-state index < -0.39 is 0 Å². The van der Waals surface area contributed by atoms with Gasteiger partial charge in [0.1, 0.15) is 0 Å². The molecule has 3 aromatic carbocycles. The third-order valence-electron chi connectivity index (χ3n) is 5.53. The van der Waals surface area contributed by atoms with E-state index >= 15 is 0 Å². The fraction of sp³-hybridized carbons (Fsp3) is 0.120. The number of carbonyl (C=O) groups excluding carboxylic acids is 2. The van der Waals surface area contributed by atoms with E-state index in [1.54, 1.807) is 30.3 Å². The van der Waals surface area contributed by atoms with Gasteiger partial charge in [0.15, 0.2) is 17.3 Å². The number of para-hydroxylation sites is 1. The van der Waals surface area contributed by atoms with Gasteiger partial charge in [0.25, 0.3) is 5.91 Å². The van der Waals surface area contributed by atoms with Gasteiger partial charge < -0.3 is 24.6 Å². The van der Waals surface area contributed by atoms with Crippen LogP contribution in [-0.4, -0.2) is 34.8 Å². The van der Waals surface area contributed by atoms with Gasteiger partial charge in [0.05, 0.1) is 12.1 Å². The number of aromatic nitrogens is 1. The van der Waals surface area contributed by atoms with Crippen LogP contribution in [0.4, 0.5) is 5.69 Å². The highest BCUT2D eigenvalue weighted by Crippen LogP contribution is 2.34. The highest BCUT2D eigenvalue weighted by atomic mass is 16.7. The molecule has 33 heavy (non-hydrogen) atoms. The van der Waals surface area contributed by atoms with E-state index in [-0.39, 0.29) is 25.0 Å². The van der Waals surface area contributed by atoms with Crippen molar-refractivity contribution < 1.29 is 24.3 Å². The maximum Gasteiger partial charge on any atom is 0.257 e. The molecular formula is C25H21N3O5. The van der Waals surface area contributed by atoms with Gasteiger partial charge >= 0.3 is 0 Å². The standard InChI is InChI=1S/C25H21N3O5/c29-22(12-26-31)17-7-5-16(6-8-17)13-28-14-20(19-3-1-2-4-21(19)28)25(30)27-18-9-10-23-24(11-18)33-15-32-23/h1-11,14,26,31H,12-13,15H2,(H,27,30). The van der Waals surface area contributed by atoms with Crippen molar-refractivity contribution in [3.8, 4) is 11.5 Å². The number of fused-ring (bicyclic) bond motifs is 2. The first kappa shape index (κ1) is 20.7. The van der Waals surface area contributed by atoms with E-state index in [2.05, 4.69) is 5.32 Å². The fourth-order valence-electron chi connectivity index (χ4n) is 3.90. The van der Waals surface area contributed by atoms with Crippen LogP contribution in [0, 0.1) is 0 Å². The minimum absolute atomic E-state index is 0.135. The first-order valence-electron chi connectivity index (χ1n) is 10.4. The van der Waals surface area contributed by atoms with Crippen molar-refractivity contribution >= 4 is 28.3 Å². The summed E-state index contributed by atoms with van der Waals surface area (Å²) in [6.45, 7) is 0.571. The topological polar surface area (TPSA) is 102 Å². The highest BCUT2D eigenvalue weighted by Gasteiger charge is 2.18. The molecule has 0 aliphatic carbocycles. The number of carbonyl (C=O) groups is 2. The molecule has 0 fully saturated rings. The molecule has 0 spiro atoms. The lowest BCUT2D eigenvalue weighted by Gasteiger charge is -2.07. The SMILES string of the molecule is O=C(CNO)c1ccc(Cn2cc(C(=O)Nc3ccc4c(c3)OCO4)c3ccccc32)cc1. The molecule has 5 rings (SSSR count). The number of amides is 1. The lowest BCUT2D eigenvalue weighted by atomic mass is 10.1. The Kier molecular flexibility index (Phi) is 5.52. The normalized spacial score (nSPS) is 12.2. The van der Waals surface area contributed by atoms with Gasteiger partial charge in [-0.15, -0.1) is 0 Å². The van der Waals surface area contributed by atoms with Crippen LogP contribution in [0.25, 0.3) is 10.9 Å². The van der Waals surface area contributed by atoms with Crippen molar-refractivity contribution in [2.45, 2.75) is 6.54 Å². The monoisotopic (exact) mass is 443 g/mol. The second kappa shape index (κ2) is 8.78. The Balaban J connectivity index is 1.40. The van der Waals surface area contributed by atoms with Gasteiger partial charge in [-0.3, -0.25) is 9.59 Å². The molecule has 2 heterocycles.